The van der Waals surface area contributed by atoms with Crippen LogP contribution in [0.5, 0.6) is 5.75 Å². The maximum absolute atomic E-state index is 12.8. The van der Waals surface area contributed by atoms with Crippen LogP contribution in [-0.4, -0.2) is 54.1 Å². The lowest BCUT2D eigenvalue weighted by Gasteiger charge is -2.44. The fourth-order valence-corrected chi connectivity index (χ4v) is 3.16. The van der Waals surface area contributed by atoms with Gasteiger partial charge in [0.15, 0.2) is 0 Å². The molecule has 5 heteroatoms. The average molecular weight is 311 g/mol. The van der Waals surface area contributed by atoms with Gasteiger partial charge in [0.2, 0.25) is 0 Å². The van der Waals surface area contributed by atoms with E-state index < -0.39 is 6.10 Å². The van der Waals surface area contributed by atoms with Crippen LogP contribution in [0.2, 0.25) is 0 Å². The maximum Gasteiger partial charge on any atom is 0.123 e. The Kier molecular flexibility index (Phi) is 6.17. The van der Waals surface area contributed by atoms with Gasteiger partial charge < -0.3 is 14.9 Å². The predicted octanol–water partition coefficient (Wildman–Crippen LogP) is 2.05. The number of ether oxygens (including phenoxy) is 1. The van der Waals surface area contributed by atoms with E-state index >= 15 is 0 Å². The number of piperidine rings is 1. The molecule has 1 aliphatic heterocycles. The van der Waals surface area contributed by atoms with Crippen LogP contribution in [-0.2, 0) is 0 Å². The number of rotatable bonds is 7. The van der Waals surface area contributed by atoms with Crippen molar-refractivity contribution in [3.8, 4) is 5.75 Å². The number of β-amino-alcohol motifs (C(OH)–C–C–N with tert-alkyl or cyclic N) is 1. The summed E-state index contributed by atoms with van der Waals surface area (Å²) in [6.45, 7) is 4.74. The molecule has 22 heavy (non-hydrogen) atoms. The average Bonchev–Trinajstić information content (AvgIpc) is 2.52. The maximum atomic E-state index is 12.8. The fourth-order valence-electron chi connectivity index (χ4n) is 3.16. The quantitative estimate of drug-likeness (QED) is 0.809. The van der Waals surface area contributed by atoms with Crippen molar-refractivity contribution in [2.75, 3.05) is 32.8 Å². The van der Waals surface area contributed by atoms with E-state index in [1.54, 1.807) is 12.1 Å². The summed E-state index contributed by atoms with van der Waals surface area (Å²) in [7, 11) is 0. The molecule has 1 fully saturated rings. The Balaban J connectivity index is 1.77. The van der Waals surface area contributed by atoms with Crippen molar-refractivity contribution in [3.63, 3.8) is 0 Å². The van der Waals surface area contributed by atoms with Gasteiger partial charge in [0.25, 0.3) is 0 Å². The van der Waals surface area contributed by atoms with Gasteiger partial charge in [0, 0.05) is 18.5 Å². The molecule has 124 valence electrons. The fraction of sp³-hybridized carbons (Fsp3) is 0.647. The Morgan fingerprint density at radius 2 is 2.09 bits per heavy atom. The number of benzene rings is 1. The summed E-state index contributed by atoms with van der Waals surface area (Å²) >= 11 is 0. The first-order valence-corrected chi connectivity index (χ1v) is 7.99. The van der Waals surface area contributed by atoms with E-state index in [2.05, 4.69) is 11.8 Å². The van der Waals surface area contributed by atoms with Crippen LogP contribution in [0, 0.1) is 11.2 Å². The summed E-state index contributed by atoms with van der Waals surface area (Å²) in [5, 5.41) is 20.0. The molecule has 4 nitrogen and oxygen atoms in total. The minimum Gasteiger partial charge on any atom is -0.492 e. The van der Waals surface area contributed by atoms with Gasteiger partial charge in [-0.05, 0) is 43.7 Å². The van der Waals surface area contributed by atoms with Crippen LogP contribution >= 0.6 is 0 Å². The zero-order valence-corrected chi connectivity index (χ0v) is 13.2. The summed E-state index contributed by atoms with van der Waals surface area (Å²) in [5.41, 5.74) is -0.344. The van der Waals surface area contributed by atoms with E-state index in [0.29, 0.717) is 25.4 Å². The number of aliphatic hydroxyl groups excluding tert-OH is 2. The molecule has 0 saturated carbocycles. The van der Waals surface area contributed by atoms with Gasteiger partial charge in [0.05, 0.1) is 12.7 Å². The van der Waals surface area contributed by atoms with Crippen LogP contribution in [0.25, 0.3) is 0 Å². The Morgan fingerprint density at radius 3 is 2.68 bits per heavy atom. The molecule has 0 aliphatic carbocycles. The second-order valence-corrected chi connectivity index (χ2v) is 6.14. The first kappa shape index (κ1) is 17.2. The van der Waals surface area contributed by atoms with E-state index in [-0.39, 0.29) is 17.8 Å². The summed E-state index contributed by atoms with van der Waals surface area (Å²) in [6.07, 6.45) is 2.11. The normalized spacial score (nSPS) is 26.1. The first-order valence-electron chi connectivity index (χ1n) is 7.99. The molecule has 2 N–H and O–H groups in total. The smallest absolute Gasteiger partial charge is 0.123 e. The highest BCUT2D eigenvalue weighted by Crippen LogP contribution is 2.35. The highest BCUT2D eigenvalue weighted by molar-refractivity contribution is 5.21. The number of hydrogen-bond donors (Lipinski definition) is 2. The molecule has 0 bridgehead atoms. The number of aliphatic hydroxyl groups is 2. The summed E-state index contributed by atoms with van der Waals surface area (Å²) < 4.78 is 18.4. The molecule has 1 heterocycles. The van der Waals surface area contributed by atoms with Gasteiger partial charge >= 0.3 is 0 Å². The van der Waals surface area contributed by atoms with Crippen molar-refractivity contribution in [2.24, 2.45) is 5.41 Å². The molecule has 0 amide bonds. The highest BCUT2D eigenvalue weighted by Gasteiger charge is 2.40. The number of hydrogen-bond acceptors (Lipinski definition) is 4. The third-order valence-corrected chi connectivity index (χ3v) is 4.62. The van der Waals surface area contributed by atoms with Gasteiger partial charge in [-0.1, -0.05) is 13.3 Å². The summed E-state index contributed by atoms with van der Waals surface area (Å²) in [6, 6.07) is 5.97. The second-order valence-electron chi connectivity index (χ2n) is 6.14. The van der Waals surface area contributed by atoms with Gasteiger partial charge in [-0.25, -0.2) is 4.39 Å². The van der Waals surface area contributed by atoms with Gasteiger partial charge in [-0.15, -0.1) is 0 Å². The Labute approximate surface area is 131 Å². The zero-order valence-electron chi connectivity index (χ0n) is 13.2. The molecule has 1 aromatic carbocycles. The van der Waals surface area contributed by atoms with Crippen LogP contribution in [0.15, 0.2) is 24.3 Å². The summed E-state index contributed by atoms with van der Waals surface area (Å²) in [5.74, 6) is 0.373. The molecule has 1 aliphatic rings. The van der Waals surface area contributed by atoms with Crippen molar-refractivity contribution in [3.05, 3.63) is 30.1 Å². The largest absolute Gasteiger partial charge is 0.492 e. The van der Waals surface area contributed by atoms with Crippen molar-refractivity contribution >= 4 is 0 Å². The van der Waals surface area contributed by atoms with Crippen LogP contribution in [0.3, 0.4) is 0 Å². The molecule has 0 aromatic heterocycles. The minimum absolute atomic E-state index is 0.0436. The molecular formula is C17H26FNO3. The van der Waals surface area contributed by atoms with Crippen molar-refractivity contribution in [2.45, 2.75) is 32.3 Å². The van der Waals surface area contributed by atoms with E-state index in [0.717, 1.165) is 25.8 Å². The van der Waals surface area contributed by atoms with E-state index in [9.17, 15) is 14.6 Å². The van der Waals surface area contributed by atoms with Crippen molar-refractivity contribution in [1.82, 2.24) is 4.90 Å². The predicted molar refractivity (Wildman–Crippen MR) is 83.4 cm³/mol. The minimum atomic E-state index is -0.503. The SMILES string of the molecule is CCC[C@]1(CO)CCN(CCOc2ccc(F)cc2)C[C@H]1O. The molecule has 1 aromatic rings. The lowest BCUT2D eigenvalue weighted by Crippen LogP contribution is -2.53. The lowest BCUT2D eigenvalue weighted by atomic mass is 9.73. The van der Waals surface area contributed by atoms with Crippen LogP contribution in [0.4, 0.5) is 4.39 Å². The third kappa shape index (κ3) is 4.18. The standard InChI is InChI=1S/C17H26FNO3/c1-2-7-17(13-20)8-9-19(12-16(17)21)10-11-22-15-5-3-14(18)4-6-15/h3-6,16,20-21H,2,7-13H2,1H3/t16-,17-/m1/s1. The van der Waals surface area contributed by atoms with Gasteiger partial charge in [0.1, 0.15) is 18.2 Å². The monoisotopic (exact) mass is 311 g/mol. The number of halogens is 1. The molecular weight excluding hydrogens is 285 g/mol. The van der Waals surface area contributed by atoms with E-state index in [4.69, 9.17) is 4.74 Å². The second kappa shape index (κ2) is 7.90. The highest BCUT2D eigenvalue weighted by atomic mass is 19.1. The van der Waals surface area contributed by atoms with Gasteiger partial charge in [-0.3, -0.25) is 4.90 Å². The molecule has 2 atom stereocenters. The zero-order chi connectivity index (χ0) is 16.0. The third-order valence-electron chi connectivity index (χ3n) is 4.62. The van der Waals surface area contributed by atoms with Crippen molar-refractivity contribution in [1.29, 1.82) is 0 Å². The van der Waals surface area contributed by atoms with E-state index in [1.807, 2.05) is 0 Å². The van der Waals surface area contributed by atoms with Crippen LogP contribution in [0.1, 0.15) is 26.2 Å². The lowest BCUT2D eigenvalue weighted by molar-refractivity contribution is -0.0797. The van der Waals surface area contributed by atoms with E-state index in [1.165, 1.54) is 12.1 Å². The molecule has 2 rings (SSSR count). The molecule has 0 spiro atoms. The molecule has 1 saturated heterocycles. The number of likely N-dealkylation sites (tertiary alicyclic amines) is 1. The Morgan fingerprint density at radius 1 is 1.36 bits per heavy atom. The molecule has 0 unspecified atom stereocenters. The summed E-state index contributed by atoms with van der Waals surface area (Å²) in [4.78, 5) is 2.15. The Hall–Kier alpha value is -1.17. The van der Waals surface area contributed by atoms with Crippen molar-refractivity contribution < 1.29 is 19.3 Å². The Bertz CT molecular complexity index is 454. The first-order chi connectivity index (χ1) is 10.6. The number of nitrogens with zero attached hydrogens (tertiary/aromatic N) is 1. The van der Waals surface area contributed by atoms with Crippen LogP contribution < -0.4 is 4.74 Å². The topological polar surface area (TPSA) is 52.9 Å². The molecule has 0 radical (unpaired) electrons. The van der Waals surface area contributed by atoms with Gasteiger partial charge in [-0.2, -0.15) is 0 Å².